The summed E-state index contributed by atoms with van der Waals surface area (Å²) >= 11 is 0. The van der Waals surface area contributed by atoms with E-state index in [1.165, 1.54) is 0 Å². The number of hydrogen-bond donors (Lipinski definition) is 2. The van der Waals surface area contributed by atoms with Crippen LogP contribution in [0.25, 0.3) is 0 Å². The lowest BCUT2D eigenvalue weighted by atomic mass is 10.3. The van der Waals surface area contributed by atoms with E-state index in [-0.39, 0.29) is 11.5 Å². The van der Waals surface area contributed by atoms with Crippen LogP contribution in [0.15, 0.2) is 0 Å². The number of rotatable bonds is 9. The lowest BCUT2D eigenvalue weighted by Gasteiger charge is -2.11. The fraction of sp³-hybridized carbons (Fsp3) is 1.00. The van der Waals surface area contributed by atoms with Gasteiger partial charge in [-0.05, 0) is 25.8 Å². The molecule has 0 spiro atoms. The number of sulfone groups is 1. The molecule has 0 aromatic carbocycles. The molecule has 0 saturated heterocycles. The molecular weight excluding hydrogens is 214 g/mol. The maximum absolute atomic E-state index is 11.3. The highest BCUT2D eigenvalue weighted by Gasteiger charge is 2.12. The Bertz CT molecular complexity index is 239. The van der Waals surface area contributed by atoms with Gasteiger partial charge in [-0.3, -0.25) is 0 Å². The maximum atomic E-state index is 11.3. The van der Waals surface area contributed by atoms with Crippen molar-refractivity contribution in [3.63, 3.8) is 0 Å². The fourth-order valence-electron chi connectivity index (χ4n) is 1.28. The van der Waals surface area contributed by atoms with Gasteiger partial charge < -0.3 is 10.4 Å². The van der Waals surface area contributed by atoms with Gasteiger partial charge in [0.25, 0.3) is 0 Å². The molecular formula is C10H23NO3S. The first-order chi connectivity index (χ1) is 7.02. The highest BCUT2D eigenvalue weighted by molar-refractivity contribution is 7.91. The molecule has 0 heterocycles. The normalized spacial score (nSPS) is 14.1. The monoisotopic (exact) mass is 237 g/mol. The molecule has 0 aliphatic rings. The van der Waals surface area contributed by atoms with Crippen molar-refractivity contribution in [2.75, 3.05) is 24.6 Å². The molecule has 0 bridgehead atoms. The van der Waals surface area contributed by atoms with Crippen LogP contribution in [0.1, 0.15) is 33.1 Å². The fourth-order valence-corrected chi connectivity index (χ4v) is 2.73. The van der Waals surface area contributed by atoms with Crippen molar-refractivity contribution in [3.05, 3.63) is 0 Å². The zero-order chi connectivity index (χ0) is 11.7. The van der Waals surface area contributed by atoms with Crippen LogP contribution < -0.4 is 5.32 Å². The van der Waals surface area contributed by atoms with Gasteiger partial charge in [0.05, 0.1) is 11.9 Å². The summed E-state index contributed by atoms with van der Waals surface area (Å²) in [6.07, 6.45) is 1.44. The van der Waals surface area contributed by atoms with Crippen LogP contribution in [0, 0.1) is 0 Å². The molecule has 0 aliphatic carbocycles. The Morgan fingerprint density at radius 2 is 1.87 bits per heavy atom. The first-order valence-electron chi connectivity index (χ1n) is 5.61. The maximum Gasteiger partial charge on any atom is 0.150 e. The predicted octanol–water partition coefficient (Wildman–Crippen LogP) is 0.562. The van der Waals surface area contributed by atoms with E-state index in [9.17, 15) is 13.5 Å². The summed E-state index contributed by atoms with van der Waals surface area (Å²) in [5.41, 5.74) is 0. The first kappa shape index (κ1) is 14.9. The Kier molecular flexibility index (Phi) is 8.00. The average molecular weight is 237 g/mol. The molecule has 4 nitrogen and oxygen atoms in total. The largest absolute Gasteiger partial charge is 0.392 e. The summed E-state index contributed by atoms with van der Waals surface area (Å²) in [4.78, 5) is 0. The third-order valence-corrected chi connectivity index (χ3v) is 3.97. The van der Waals surface area contributed by atoms with E-state index >= 15 is 0 Å². The molecule has 1 unspecified atom stereocenters. The third-order valence-electron chi connectivity index (χ3n) is 2.08. The van der Waals surface area contributed by atoms with Crippen molar-refractivity contribution in [1.82, 2.24) is 5.32 Å². The van der Waals surface area contributed by atoms with Crippen LogP contribution in [-0.4, -0.2) is 44.2 Å². The first-order valence-corrected chi connectivity index (χ1v) is 7.43. The van der Waals surface area contributed by atoms with Gasteiger partial charge in [0.15, 0.2) is 0 Å². The molecule has 2 N–H and O–H groups in total. The lowest BCUT2D eigenvalue weighted by Crippen LogP contribution is -2.29. The molecule has 5 heteroatoms. The van der Waals surface area contributed by atoms with Gasteiger partial charge in [0.2, 0.25) is 0 Å². The van der Waals surface area contributed by atoms with Crippen LogP contribution in [0.4, 0.5) is 0 Å². The van der Waals surface area contributed by atoms with E-state index in [1.54, 1.807) is 0 Å². The van der Waals surface area contributed by atoms with Gasteiger partial charge in [-0.1, -0.05) is 13.8 Å². The van der Waals surface area contributed by atoms with Crippen LogP contribution in [0.5, 0.6) is 0 Å². The van der Waals surface area contributed by atoms with Crippen molar-refractivity contribution in [3.8, 4) is 0 Å². The van der Waals surface area contributed by atoms with Crippen molar-refractivity contribution in [1.29, 1.82) is 0 Å². The molecule has 0 aliphatic heterocycles. The number of nitrogens with one attached hydrogen (secondary N) is 1. The smallest absolute Gasteiger partial charge is 0.150 e. The second kappa shape index (κ2) is 8.07. The zero-order valence-electron chi connectivity index (χ0n) is 9.70. The summed E-state index contributed by atoms with van der Waals surface area (Å²) in [6.45, 7) is 5.23. The van der Waals surface area contributed by atoms with Crippen molar-refractivity contribution in [2.24, 2.45) is 0 Å². The third kappa shape index (κ3) is 8.84. The molecule has 0 amide bonds. The summed E-state index contributed by atoms with van der Waals surface area (Å²) in [6, 6.07) is 0. The minimum absolute atomic E-state index is 0.0931. The number of aliphatic hydroxyl groups excluding tert-OH is 1. The molecule has 15 heavy (non-hydrogen) atoms. The summed E-state index contributed by atoms with van der Waals surface area (Å²) in [5, 5.41) is 12.5. The summed E-state index contributed by atoms with van der Waals surface area (Å²) in [5.74, 6) is 0.317. The van der Waals surface area contributed by atoms with Gasteiger partial charge in [-0.25, -0.2) is 8.42 Å². The highest BCUT2D eigenvalue weighted by Crippen LogP contribution is 1.99. The van der Waals surface area contributed by atoms with E-state index < -0.39 is 15.9 Å². The van der Waals surface area contributed by atoms with Gasteiger partial charge in [-0.15, -0.1) is 0 Å². The molecule has 0 saturated carbocycles. The van der Waals surface area contributed by atoms with Crippen LogP contribution >= 0.6 is 0 Å². The van der Waals surface area contributed by atoms with Gasteiger partial charge in [0.1, 0.15) is 9.84 Å². The SMILES string of the molecule is CCCNCC(O)CCS(=O)(=O)CCC. The molecule has 0 aromatic rings. The second-order valence-electron chi connectivity index (χ2n) is 3.80. The Morgan fingerprint density at radius 1 is 1.20 bits per heavy atom. The van der Waals surface area contributed by atoms with E-state index in [2.05, 4.69) is 5.32 Å². The van der Waals surface area contributed by atoms with E-state index in [4.69, 9.17) is 0 Å². The Morgan fingerprint density at radius 3 is 2.40 bits per heavy atom. The van der Waals surface area contributed by atoms with E-state index in [0.717, 1.165) is 13.0 Å². The van der Waals surface area contributed by atoms with E-state index in [0.29, 0.717) is 19.4 Å². The standard InChI is InChI=1S/C10H23NO3S/c1-3-6-11-9-10(12)5-8-15(13,14)7-4-2/h10-12H,3-9H2,1-2H3. The van der Waals surface area contributed by atoms with Crippen LogP contribution in [0.2, 0.25) is 0 Å². The average Bonchev–Trinajstić information content (AvgIpc) is 2.15. The summed E-state index contributed by atoms with van der Waals surface area (Å²) < 4.78 is 22.7. The molecule has 0 rings (SSSR count). The molecule has 92 valence electrons. The van der Waals surface area contributed by atoms with Crippen molar-refractivity contribution < 1.29 is 13.5 Å². The Labute approximate surface area is 93.0 Å². The topological polar surface area (TPSA) is 66.4 Å². The number of aliphatic hydroxyl groups is 1. The zero-order valence-corrected chi connectivity index (χ0v) is 10.5. The molecule has 0 aromatic heterocycles. The molecule has 1 atom stereocenters. The quantitative estimate of drug-likeness (QED) is 0.575. The Balaban J connectivity index is 3.65. The van der Waals surface area contributed by atoms with Gasteiger partial charge in [-0.2, -0.15) is 0 Å². The predicted molar refractivity (Wildman–Crippen MR) is 62.7 cm³/mol. The van der Waals surface area contributed by atoms with Crippen LogP contribution in [-0.2, 0) is 9.84 Å². The second-order valence-corrected chi connectivity index (χ2v) is 6.10. The van der Waals surface area contributed by atoms with Crippen molar-refractivity contribution >= 4 is 9.84 Å². The van der Waals surface area contributed by atoms with E-state index in [1.807, 2.05) is 13.8 Å². The van der Waals surface area contributed by atoms with Gasteiger partial charge in [0, 0.05) is 12.3 Å². The minimum Gasteiger partial charge on any atom is -0.392 e. The lowest BCUT2D eigenvalue weighted by molar-refractivity contribution is 0.168. The Hall–Kier alpha value is -0.130. The molecule has 0 fully saturated rings. The minimum atomic E-state index is -2.95. The van der Waals surface area contributed by atoms with Crippen molar-refractivity contribution in [2.45, 2.75) is 39.2 Å². The van der Waals surface area contributed by atoms with Gasteiger partial charge >= 0.3 is 0 Å². The highest BCUT2D eigenvalue weighted by atomic mass is 32.2. The number of hydrogen-bond acceptors (Lipinski definition) is 4. The van der Waals surface area contributed by atoms with Crippen LogP contribution in [0.3, 0.4) is 0 Å². The molecule has 0 radical (unpaired) electrons. The summed E-state index contributed by atoms with van der Waals surface area (Å²) in [7, 11) is -2.95.